The van der Waals surface area contributed by atoms with Crippen molar-refractivity contribution in [2.75, 3.05) is 7.11 Å². The zero-order valence-corrected chi connectivity index (χ0v) is 9.02. The minimum Gasteiger partial charge on any atom is -0.467 e. The van der Waals surface area contributed by atoms with E-state index in [2.05, 4.69) is 14.8 Å². The van der Waals surface area contributed by atoms with Gasteiger partial charge in [-0.05, 0) is 11.1 Å². The minimum atomic E-state index is -1.65. The van der Waals surface area contributed by atoms with Crippen LogP contribution < -0.4 is 0 Å². The Kier molecular flexibility index (Phi) is 4.47. The number of ether oxygens (including phenoxy) is 1. The molecular weight excluding hydrogens is 226 g/mol. The molecule has 0 saturated carbocycles. The summed E-state index contributed by atoms with van der Waals surface area (Å²) in [7, 11) is 1.11. The number of hydrogen-bond donors (Lipinski definition) is 2. The standard InChI is InChI=1S/C10H11N3O4/c1-17-10(16)9(15)8(14)6-2-4-7(5-3-6)12-13-11/h2-5,8-9,14-15H,1H3/t8-,9+/m1/s1. The number of azide groups is 1. The molecule has 1 aromatic carbocycles. The monoisotopic (exact) mass is 237 g/mol. The zero-order valence-electron chi connectivity index (χ0n) is 9.02. The van der Waals surface area contributed by atoms with Gasteiger partial charge in [-0.2, -0.15) is 0 Å². The number of nitrogens with zero attached hydrogens (tertiary/aromatic N) is 3. The number of benzene rings is 1. The maximum Gasteiger partial charge on any atom is 0.337 e. The smallest absolute Gasteiger partial charge is 0.337 e. The topological polar surface area (TPSA) is 116 Å². The van der Waals surface area contributed by atoms with Crippen LogP contribution >= 0.6 is 0 Å². The molecule has 17 heavy (non-hydrogen) atoms. The fourth-order valence-corrected chi connectivity index (χ4v) is 1.22. The van der Waals surface area contributed by atoms with Crippen molar-refractivity contribution in [1.29, 1.82) is 0 Å². The number of carbonyl (C=O) groups excluding carboxylic acids is 1. The number of hydrogen-bond acceptors (Lipinski definition) is 5. The Bertz CT molecular complexity index is 439. The normalized spacial score (nSPS) is 13.4. The van der Waals surface area contributed by atoms with E-state index in [1.807, 2.05) is 0 Å². The van der Waals surface area contributed by atoms with Gasteiger partial charge >= 0.3 is 5.97 Å². The predicted octanol–water partition coefficient (Wildman–Crippen LogP) is 1.20. The van der Waals surface area contributed by atoms with E-state index >= 15 is 0 Å². The summed E-state index contributed by atoms with van der Waals surface area (Å²) in [5.74, 6) is -0.920. The molecule has 0 fully saturated rings. The van der Waals surface area contributed by atoms with Gasteiger partial charge < -0.3 is 14.9 Å². The van der Waals surface area contributed by atoms with E-state index in [9.17, 15) is 15.0 Å². The third kappa shape index (κ3) is 3.18. The van der Waals surface area contributed by atoms with E-state index in [1.54, 1.807) is 0 Å². The average Bonchev–Trinajstić information content (AvgIpc) is 2.37. The lowest BCUT2D eigenvalue weighted by Crippen LogP contribution is -2.28. The first-order chi connectivity index (χ1) is 8.10. The predicted molar refractivity (Wildman–Crippen MR) is 58.2 cm³/mol. The molecule has 2 N–H and O–H groups in total. The molecule has 0 heterocycles. The lowest BCUT2D eigenvalue weighted by Gasteiger charge is -2.15. The zero-order chi connectivity index (χ0) is 12.8. The quantitative estimate of drug-likeness (QED) is 0.354. The van der Waals surface area contributed by atoms with Crippen molar-refractivity contribution in [3.8, 4) is 0 Å². The van der Waals surface area contributed by atoms with Gasteiger partial charge in [-0.15, -0.1) is 0 Å². The number of methoxy groups -OCH3 is 1. The first-order valence-electron chi connectivity index (χ1n) is 4.69. The Hall–Kier alpha value is -2.08. The third-order valence-electron chi connectivity index (χ3n) is 2.14. The number of aliphatic hydroxyl groups excluding tert-OH is 2. The van der Waals surface area contributed by atoms with Crippen LogP contribution in [0.15, 0.2) is 29.4 Å². The maximum atomic E-state index is 11.0. The largest absolute Gasteiger partial charge is 0.467 e. The van der Waals surface area contributed by atoms with Crippen molar-refractivity contribution in [1.82, 2.24) is 0 Å². The third-order valence-corrected chi connectivity index (χ3v) is 2.14. The molecule has 0 saturated heterocycles. The molecule has 1 aromatic rings. The van der Waals surface area contributed by atoms with Gasteiger partial charge in [-0.25, -0.2) is 4.79 Å². The molecule has 7 heteroatoms. The van der Waals surface area contributed by atoms with E-state index < -0.39 is 18.2 Å². The van der Waals surface area contributed by atoms with Crippen LogP contribution in [0.25, 0.3) is 10.4 Å². The van der Waals surface area contributed by atoms with Crippen molar-refractivity contribution in [3.63, 3.8) is 0 Å². The van der Waals surface area contributed by atoms with Crippen LogP contribution in [0.3, 0.4) is 0 Å². The molecule has 0 radical (unpaired) electrons. The van der Waals surface area contributed by atoms with Gasteiger partial charge in [0.1, 0.15) is 6.10 Å². The second kappa shape index (κ2) is 5.86. The van der Waals surface area contributed by atoms with E-state index in [1.165, 1.54) is 24.3 Å². The van der Waals surface area contributed by atoms with Gasteiger partial charge in [0, 0.05) is 10.6 Å². The fraction of sp³-hybridized carbons (Fsp3) is 0.300. The van der Waals surface area contributed by atoms with Crippen LogP contribution in [0.1, 0.15) is 11.7 Å². The molecule has 0 spiro atoms. The van der Waals surface area contributed by atoms with E-state index in [0.29, 0.717) is 11.3 Å². The summed E-state index contributed by atoms with van der Waals surface area (Å²) in [4.78, 5) is 13.6. The summed E-state index contributed by atoms with van der Waals surface area (Å²) < 4.78 is 4.30. The summed E-state index contributed by atoms with van der Waals surface area (Å²) in [6, 6.07) is 5.81. The molecule has 7 nitrogen and oxygen atoms in total. The molecular formula is C10H11N3O4. The van der Waals surface area contributed by atoms with Crippen LogP contribution in [0, 0.1) is 0 Å². The number of carbonyl (C=O) groups is 1. The van der Waals surface area contributed by atoms with Crippen molar-refractivity contribution in [2.45, 2.75) is 12.2 Å². The Balaban J connectivity index is 2.85. The summed E-state index contributed by atoms with van der Waals surface area (Å²) in [5, 5.41) is 22.4. The lowest BCUT2D eigenvalue weighted by atomic mass is 10.0. The molecule has 0 bridgehead atoms. The van der Waals surface area contributed by atoms with Crippen LogP contribution in [-0.4, -0.2) is 29.4 Å². The Labute approximate surface area is 96.9 Å². The van der Waals surface area contributed by atoms with E-state index in [0.717, 1.165) is 7.11 Å². The summed E-state index contributed by atoms with van der Waals surface area (Å²) in [5.41, 5.74) is 8.89. The Morgan fingerprint density at radius 2 is 2.00 bits per heavy atom. The molecule has 2 atom stereocenters. The lowest BCUT2D eigenvalue weighted by molar-refractivity contribution is -0.156. The van der Waals surface area contributed by atoms with Gasteiger partial charge in [0.2, 0.25) is 0 Å². The highest BCUT2D eigenvalue weighted by atomic mass is 16.5. The van der Waals surface area contributed by atoms with Crippen molar-refractivity contribution >= 4 is 11.7 Å². The van der Waals surface area contributed by atoms with Gasteiger partial charge in [-0.3, -0.25) is 0 Å². The molecule has 0 aliphatic rings. The molecule has 90 valence electrons. The molecule has 0 aliphatic carbocycles. The summed E-state index contributed by atoms with van der Waals surface area (Å²) in [6.07, 6.45) is -3.03. The van der Waals surface area contributed by atoms with Gasteiger partial charge in [0.15, 0.2) is 6.10 Å². The first-order valence-corrected chi connectivity index (χ1v) is 4.69. The Morgan fingerprint density at radius 3 is 2.47 bits per heavy atom. The summed E-state index contributed by atoms with van der Waals surface area (Å²) >= 11 is 0. The van der Waals surface area contributed by atoms with Gasteiger partial charge in [0.05, 0.1) is 7.11 Å². The first kappa shape index (κ1) is 13.0. The van der Waals surface area contributed by atoms with Gasteiger partial charge in [0.25, 0.3) is 0 Å². The second-order valence-electron chi connectivity index (χ2n) is 3.19. The minimum absolute atomic E-state index is 0.319. The van der Waals surface area contributed by atoms with Crippen LogP contribution in [-0.2, 0) is 9.53 Å². The Morgan fingerprint density at radius 1 is 1.41 bits per heavy atom. The highest BCUT2D eigenvalue weighted by molar-refractivity contribution is 5.75. The molecule has 1 rings (SSSR count). The molecule has 0 unspecified atom stereocenters. The second-order valence-corrected chi connectivity index (χ2v) is 3.19. The van der Waals surface area contributed by atoms with Crippen LogP contribution in [0.2, 0.25) is 0 Å². The summed E-state index contributed by atoms with van der Waals surface area (Å²) in [6.45, 7) is 0. The maximum absolute atomic E-state index is 11.0. The highest BCUT2D eigenvalue weighted by Gasteiger charge is 2.26. The van der Waals surface area contributed by atoms with Crippen molar-refractivity contribution in [2.24, 2.45) is 5.11 Å². The van der Waals surface area contributed by atoms with Crippen LogP contribution in [0.5, 0.6) is 0 Å². The number of rotatable bonds is 4. The fourth-order valence-electron chi connectivity index (χ4n) is 1.22. The average molecular weight is 237 g/mol. The van der Waals surface area contributed by atoms with E-state index in [-0.39, 0.29) is 0 Å². The molecule has 0 amide bonds. The molecule has 0 aromatic heterocycles. The highest BCUT2D eigenvalue weighted by Crippen LogP contribution is 2.21. The molecule has 0 aliphatic heterocycles. The SMILES string of the molecule is COC(=O)[C@@H](O)[C@H](O)c1ccc(N=[N+]=[N-])cc1. The van der Waals surface area contributed by atoms with Crippen molar-refractivity contribution < 1.29 is 19.7 Å². The number of esters is 1. The van der Waals surface area contributed by atoms with E-state index in [4.69, 9.17) is 5.53 Å². The van der Waals surface area contributed by atoms with Crippen LogP contribution in [0.4, 0.5) is 5.69 Å². The van der Waals surface area contributed by atoms with Crippen molar-refractivity contribution in [3.05, 3.63) is 40.3 Å². The van der Waals surface area contributed by atoms with Gasteiger partial charge in [-0.1, -0.05) is 29.4 Å². The number of aliphatic hydroxyl groups is 2.